The summed E-state index contributed by atoms with van der Waals surface area (Å²) in [5.41, 5.74) is 5.93. The lowest BCUT2D eigenvalue weighted by atomic mass is 10.1. The summed E-state index contributed by atoms with van der Waals surface area (Å²) in [4.78, 5) is 10.7. The lowest BCUT2D eigenvalue weighted by molar-refractivity contribution is -0.117. The number of hydrogen-bond donors (Lipinski definition) is 1. The Kier molecular flexibility index (Phi) is 2.04. The average Bonchev–Trinajstić information content (AvgIpc) is 2.42. The van der Waals surface area contributed by atoms with Crippen molar-refractivity contribution in [2.24, 2.45) is 5.73 Å². The molecule has 2 N–H and O–H groups in total. The van der Waals surface area contributed by atoms with Gasteiger partial charge in [-0.1, -0.05) is 6.07 Å². The normalized spacial score (nSPS) is 18.2. The molecule has 1 atom stereocenters. The van der Waals surface area contributed by atoms with Crippen molar-refractivity contribution in [1.29, 1.82) is 0 Å². The van der Waals surface area contributed by atoms with Crippen molar-refractivity contribution in [3.05, 3.63) is 23.8 Å². The van der Waals surface area contributed by atoms with Crippen LogP contribution in [0.5, 0.6) is 11.5 Å². The molecule has 2 rings (SSSR count). The van der Waals surface area contributed by atoms with E-state index >= 15 is 0 Å². The predicted molar refractivity (Wildman–Crippen MR) is 50.1 cm³/mol. The van der Waals surface area contributed by atoms with Crippen LogP contribution in [0.15, 0.2) is 18.2 Å². The fourth-order valence-electron chi connectivity index (χ4n) is 1.43. The number of ether oxygens (including phenoxy) is 2. The molecule has 4 nitrogen and oxygen atoms in total. The van der Waals surface area contributed by atoms with Gasteiger partial charge in [-0.25, -0.2) is 0 Å². The van der Waals surface area contributed by atoms with E-state index in [9.17, 15) is 4.79 Å². The second-order valence-corrected chi connectivity index (χ2v) is 3.23. The number of carbonyl (C=O) groups excluding carboxylic acids is 1. The zero-order valence-electron chi connectivity index (χ0n) is 7.82. The number of hydrogen-bond acceptors (Lipinski definition) is 3. The van der Waals surface area contributed by atoms with Crippen LogP contribution in [-0.4, -0.2) is 12.2 Å². The van der Waals surface area contributed by atoms with Gasteiger partial charge >= 0.3 is 0 Å². The SMILES string of the molecule is CC1Oc2ccc(CC(N)=O)cc2O1. The number of fused-ring (bicyclic) bond motifs is 1. The van der Waals surface area contributed by atoms with Crippen LogP contribution in [0.4, 0.5) is 0 Å². The Morgan fingerprint density at radius 3 is 2.86 bits per heavy atom. The molecule has 74 valence electrons. The van der Waals surface area contributed by atoms with Crippen molar-refractivity contribution < 1.29 is 14.3 Å². The van der Waals surface area contributed by atoms with Crippen molar-refractivity contribution in [1.82, 2.24) is 0 Å². The van der Waals surface area contributed by atoms with Crippen LogP contribution in [0.3, 0.4) is 0 Å². The third kappa shape index (κ3) is 1.64. The van der Waals surface area contributed by atoms with E-state index in [0.717, 1.165) is 5.56 Å². The number of nitrogens with two attached hydrogens (primary N) is 1. The molecule has 0 saturated heterocycles. The van der Waals surface area contributed by atoms with Gasteiger partial charge in [0.15, 0.2) is 11.5 Å². The second kappa shape index (κ2) is 3.21. The molecule has 0 radical (unpaired) electrons. The van der Waals surface area contributed by atoms with E-state index in [4.69, 9.17) is 15.2 Å². The summed E-state index contributed by atoms with van der Waals surface area (Å²) in [5.74, 6) is 1.04. The molecule has 4 heteroatoms. The average molecular weight is 193 g/mol. The molecule has 1 aromatic rings. The molecule has 1 unspecified atom stereocenters. The van der Waals surface area contributed by atoms with E-state index in [1.165, 1.54) is 0 Å². The van der Waals surface area contributed by atoms with Crippen molar-refractivity contribution in [3.63, 3.8) is 0 Å². The predicted octanol–water partition coefficient (Wildman–Crippen LogP) is 0.832. The minimum absolute atomic E-state index is 0.227. The molecular weight excluding hydrogens is 182 g/mol. The Balaban J connectivity index is 2.24. The first-order valence-corrected chi connectivity index (χ1v) is 4.39. The fourth-order valence-corrected chi connectivity index (χ4v) is 1.43. The van der Waals surface area contributed by atoms with E-state index < -0.39 is 0 Å². The highest BCUT2D eigenvalue weighted by molar-refractivity contribution is 5.76. The Morgan fingerprint density at radius 1 is 1.43 bits per heavy atom. The maximum absolute atomic E-state index is 10.7. The van der Waals surface area contributed by atoms with E-state index in [1.807, 2.05) is 13.0 Å². The monoisotopic (exact) mass is 193 g/mol. The van der Waals surface area contributed by atoms with Gasteiger partial charge in [0.1, 0.15) is 0 Å². The lowest BCUT2D eigenvalue weighted by Gasteiger charge is -2.00. The molecule has 1 aliphatic heterocycles. The maximum atomic E-state index is 10.7. The van der Waals surface area contributed by atoms with E-state index in [1.54, 1.807) is 12.1 Å². The lowest BCUT2D eigenvalue weighted by Crippen LogP contribution is -2.13. The Morgan fingerprint density at radius 2 is 2.14 bits per heavy atom. The molecule has 0 aliphatic carbocycles. The Labute approximate surface area is 81.6 Å². The summed E-state index contributed by atoms with van der Waals surface area (Å²) in [5, 5.41) is 0. The summed E-state index contributed by atoms with van der Waals surface area (Å²) in [6.45, 7) is 1.81. The third-order valence-corrected chi connectivity index (χ3v) is 1.97. The van der Waals surface area contributed by atoms with Gasteiger partial charge in [0.2, 0.25) is 12.2 Å². The highest BCUT2D eigenvalue weighted by Gasteiger charge is 2.19. The molecule has 1 amide bonds. The van der Waals surface area contributed by atoms with Gasteiger partial charge in [-0.2, -0.15) is 0 Å². The summed E-state index contributed by atoms with van der Waals surface area (Å²) < 4.78 is 10.7. The van der Waals surface area contributed by atoms with Crippen LogP contribution in [0, 0.1) is 0 Å². The summed E-state index contributed by atoms with van der Waals surface area (Å²) in [7, 11) is 0. The number of primary amides is 1. The largest absolute Gasteiger partial charge is 0.451 e. The first-order chi connectivity index (χ1) is 6.65. The molecule has 1 heterocycles. The summed E-state index contributed by atoms with van der Waals surface area (Å²) >= 11 is 0. The Bertz CT molecular complexity index is 376. The van der Waals surface area contributed by atoms with Crippen LogP contribution in [0.2, 0.25) is 0 Å². The van der Waals surface area contributed by atoms with Gasteiger partial charge in [-0.15, -0.1) is 0 Å². The van der Waals surface area contributed by atoms with Gasteiger partial charge in [-0.05, 0) is 17.7 Å². The molecule has 0 saturated carbocycles. The second-order valence-electron chi connectivity index (χ2n) is 3.23. The van der Waals surface area contributed by atoms with Gasteiger partial charge < -0.3 is 15.2 Å². The van der Waals surface area contributed by atoms with Crippen LogP contribution < -0.4 is 15.2 Å². The quantitative estimate of drug-likeness (QED) is 0.756. The Hall–Kier alpha value is -1.71. The third-order valence-electron chi connectivity index (χ3n) is 1.97. The first-order valence-electron chi connectivity index (χ1n) is 4.39. The zero-order chi connectivity index (χ0) is 10.1. The number of amides is 1. The highest BCUT2D eigenvalue weighted by Crippen LogP contribution is 2.35. The standard InChI is InChI=1S/C10H11NO3/c1-6-13-8-3-2-7(5-10(11)12)4-9(8)14-6/h2-4,6H,5H2,1H3,(H2,11,12). The summed E-state index contributed by atoms with van der Waals surface area (Å²) in [6.07, 6.45) is -0.0285. The van der Waals surface area contributed by atoms with Crippen molar-refractivity contribution in [2.45, 2.75) is 19.6 Å². The molecule has 0 fully saturated rings. The van der Waals surface area contributed by atoms with Crippen LogP contribution in [-0.2, 0) is 11.2 Å². The summed E-state index contributed by atoms with van der Waals surface area (Å²) in [6, 6.07) is 5.38. The van der Waals surface area contributed by atoms with E-state index in [0.29, 0.717) is 11.5 Å². The van der Waals surface area contributed by atoms with Gasteiger partial charge in [0.05, 0.1) is 6.42 Å². The molecule has 0 aromatic heterocycles. The molecule has 0 bridgehead atoms. The van der Waals surface area contributed by atoms with Crippen molar-refractivity contribution in [3.8, 4) is 11.5 Å². The first kappa shape index (κ1) is 8.87. The van der Waals surface area contributed by atoms with Crippen LogP contribution >= 0.6 is 0 Å². The van der Waals surface area contributed by atoms with Crippen LogP contribution in [0.25, 0.3) is 0 Å². The van der Waals surface area contributed by atoms with Gasteiger partial charge in [0.25, 0.3) is 0 Å². The molecule has 14 heavy (non-hydrogen) atoms. The minimum atomic E-state index is -0.350. The highest BCUT2D eigenvalue weighted by atomic mass is 16.7. The smallest absolute Gasteiger partial charge is 0.238 e. The number of carbonyl (C=O) groups is 1. The van der Waals surface area contributed by atoms with E-state index in [2.05, 4.69) is 0 Å². The molecule has 1 aromatic carbocycles. The zero-order valence-corrected chi connectivity index (χ0v) is 7.82. The number of benzene rings is 1. The number of rotatable bonds is 2. The van der Waals surface area contributed by atoms with Gasteiger partial charge in [-0.3, -0.25) is 4.79 Å². The topological polar surface area (TPSA) is 61.5 Å². The van der Waals surface area contributed by atoms with Gasteiger partial charge in [0, 0.05) is 6.92 Å². The molecule has 1 aliphatic rings. The molecular formula is C10H11NO3. The van der Waals surface area contributed by atoms with Crippen molar-refractivity contribution >= 4 is 5.91 Å². The maximum Gasteiger partial charge on any atom is 0.238 e. The van der Waals surface area contributed by atoms with Crippen LogP contribution in [0.1, 0.15) is 12.5 Å². The van der Waals surface area contributed by atoms with Crippen molar-refractivity contribution in [2.75, 3.05) is 0 Å². The fraction of sp³-hybridized carbons (Fsp3) is 0.300. The minimum Gasteiger partial charge on any atom is -0.451 e. The molecule has 0 spiro atoms. The van der Waals surface area contributed by atoms with E-state index in [-0.39, 0.29) is 18.6 Å².